The highest BCUT2D eigenvalue weighted by molar-refractivity contribution is 5.81. The van der Waals surface area contributed by atoms with Crippen molar-refractivity contribution in [2.45, 2.75) is 26.2 Å². The highest BCUT2D eigenvalue weighted by atomic mass is 16.6. The molecule has 1 aliphatic heterocycles. The number of hydrogen-bond donors (Lipinski definition) is 0. The van der Waals surface area contributed by atoms with Gasteiger partial charge in [0.1, 0.15) is 5.82 Å². The summed E-state index contributed by atoms with van der Waals surface area (Å²) in [6.45, 7) is 4.81. The van der Waals surface area contributed by atoms with Crippen LogP contribution in [0.5, 0.6) is 0 Å². The Balaban J connectivity index is 1.46. The quantitative estimate of drug-likeness (QED) is 0.410. The standard InChI is InChI=1S/C26H27N5O3/c1-18-23(17-19-7-11-22(12-8-19)31(33)34)25(28-24(27-18)20-5-3-2-4-6-20)29-13-15-30(16-14-29)26(32)21-9-10-21/h2-8,11-12,21H,9-10,13-17H2,1H3. The SMILES string of the molecule is Cc1nc(-c2ccccc2)nc(N2CCN(C(=O)C3CC3)CC2)c1Cc1ccc([N+](=O)[O-])cc1. The second kappa shape index (κ2) is 9.21. The molecule has 8 nitrogen and oxygen atoms in total. The van der Waals surface area contributed by atoms with Crippen LogP contribution in [0.15, 0.2) is 54.6 Å². The Morgan fingerprint density at radius 3 is 2.29 bits per heavy atom. The molecule has 3 aromatic rings. The predicted molar refractivity (Wildman–Crippen MR) is 130 cm³/mol. The third kappa shape index (κ3) is 4.62. The lowest BCUT2D eigenvalue weighted by atomic mass is 10.0. The van der Waals surface area contributed by atoms with E-state index in [9.17, 15) is 14.9 Å². The van der Waals surface area contributed by atoms with Crippen molar-refractivity contribution in [3.8, 4) is 11.4 Å². The van der Waals surface area contributed by atoms with Crippen LogP contribution < -0.4 is 4.90 Å². The van der Waals surface area contributed by atoms with Crippen LogP contribution in [0.3, 0.4) is 0 Å². The molecule has 2 aliphatic rings. The summed E-state index contributed by atoms with van der Waals surface area (Å²) in [6, 6.07) is 16.6. The number of anilines is 1. The number of nitro benzene ring substituents is 1. The zero-order chi connectivity index (χ0) is 23.7. The van der Waals surface area contributed by atoms with Crippen molar-refractivity contribution in [3.63, 3.8) is 0 Å². The Morgan fingerprint density at radius 1 is 1.00 bits per heavy atom. The fraction of sp³-hybridized carbons (Fsp3) is 0.346. The number of aromatic nitrogens is 2. The van der Waals surface area contributed by atoms with Gasteiger partial charge >= 0.3 is 0 Å². The van der Waals surface area contributed by atoms with Crippen molar-refractivity contribution in [3.05, 3.63) is 81.5 Å². The molecule has 0 bridgehead atoms. The van der Waals surface area contributed by atoms with E-state index in [1.807, 2.05) is 42.2 Å². The average molecular weight is 458 g/mol. The molecular weight excluding hydrogens is 430 g/mol. The number of carbonyl (C=O) groups excluding carboxylic acids is 1. The summed E-state index contributed by atoms with van der Waals surface area (Å²) < 4.78 is 0. The fourth-order valence-electron chi connectivity index (χ4n) is 4.43. The van der Waals surface area contributed by atoms with Gasteiger partial charge in [-0.15, -0.1) is 0 Å². The third-order valence-electron chi connectivity index (χ3n) is 6.57. The van der Waals surface area contributed by atoms with Crippen molar-refractivity contribution in [1.82, 2.24) is 14.9 Å². The number of amides is 1. The molecule has 8 heteroatoms. The van der Waals surface area contributed by atoms with Gasteiger partial charge in [-0.2, -0.15) is 0 Å². The van der Waals surface area contributed by atoms with Crippen molar-refractivity contribution in [1.29, 1.82) is 0 Å². The predicted octanol–water partition coefficient (Wildman–Crippen LogP) is 4.01. The second-order valence-corrected chi connectivity index (χ2v) is 8.99. The molecule has 2 fully saturated rings. The summed E-state index contributed by atoms with van der Waals surface area (Å²) in [6.07, 6.45) is 2.61. The Kier molecular flexibility index (Phi) is 5.96. The first-order valence-corrected chi connectivity index (χ1v) is 11.7. The van der Waals surface area contributed by atoms with E-state index in [-0.39, 0.29) is 22.4 Å². The Morgan fingerprint density at radius 2 is 1.68 bits per heavy atom. The Hall–Kier alpha value is -3.81. The summed E-state index contributed by atoms with van der Waals surface area (Å²) in [7, 11) is 0. The van der Waals surface area contributed by atoms with Crippen LogP contribution in [-0.4, -0.2) is 51.9 Å². The van der Waals surface area contributed by atoms with Gasteiger partial charge in [-0.3, -0.25) is 14.9 Å². The minimum Gasteiger partial charge on any atom is -0.353 e. The van der Waals surface area contributed by atoms with E-state index in [0.717, 1.165) is 54.1 Å². The maximum absolute atomic E-state index is 12.5. The van der Waals surface area contributed by atoms with E-state index in [1.54, 1.807) is 12.1 Å². The zero-order valence-electron chi connectivity index (χ0n) is 19.2. The first kappa shape index (κ1) is 22.0. The number of nitrogens with zero attached hydrogens (tertiary/aromatic N) is 5. The number of aryl methyl sites for hydroxylation is 1. The van der Waals surface area contributed by atoms with E-state index >= 15 is 0 Å². The lowest BCUT2D eigenvalue weighted by Gasteiger charge is -2.36. The number of rotatable bonds is 6. The lowest BCUT2D eigenvalue weighted by molar-refractivity contribution is -0.384. The summed E-state index contributed by atoms with van der Waals surface area (Å²) in [5.41, 5.74) is 3.90. The number of carbonyl (C=O) groups is 1. The molecule has 0 radical (unpaired) electrons. The number of non-ortho nitro benzene ring substituents is 1. The number of benzene rings is 2. The zero-order valence-corrected chi connectivity index (χ0v) is 19.2. The van der Waals surface area contributed by atoms with Crippen molar-refractivity contribution < 1.29 is 9.72 Å². The first-order chi connectivity index (χ1) is 16.5. The molecule has 5 rings (SSSR count). The van der Waals surface area contributed by atoms with Crippen LogP contribution in [0.2, 0.25) is 0 Å². The second-order valence-electron chi connectivity index (χ2n) is 8.99. The third-order valence-corrected chi connectivity index (χ3v) is 6.57. The highest BCUT2D eigenvalue weighted by Crippen LogP contribution is 2.32. The molecule has 34 heavy (non-hydrogen) atoms. The van der Waals surface area contributed by atoms with Gasteiger partial charge in [-0.1, -0.05) is 42.5 Å². The Labute approximate surface area is 198 Å². The van der Waals surface area contributed by atoms with Gasteiger partial charge in [-0.25, -0.2) is 9.97 Å². The maximum Gasteiger partial charge on any atom is 0.269 e. The molecular formula is C26H27N5O3. The molecule has 0 N–H and O–H groups in total. The molecule has 0 atom stereocenters. The van der Waals surface area contributed by atoms with Crippen LogP contribution in [0.1, 0.15) is 29.7 Å². The minimum atomic E-state index is -0.388. The molecule has 1 aromatic heterocycles. The van der Waals surface area contributed by atoms with Gasteiger partial charge in [0.25, 0.3) is 5.69 Å². The van der Waals surface area contributed by atoms with Gasteiger partial charge in [-0.05, 0) is 25.3 Å². The van der Waals surface area contributed by atoms with Crippen molar-refractivity contribution in [2.75, 3.05) is 31.1 Å². The maximum atomic E-state index is 12.5. The van der Waals surface area contributed by atoms with Crippen LogP contribution in [0, 0.1) is 23.0 Å². The Bertz CT molecular complexity index is 1200. The topological polar surface area (TPSA) is 92.5 Å². The summed E-state index contributed by atoms with van der Waals surface area (Å²) in [4.78, 5) is 37.2. The van der Waals surface area contributed by atoms with Gasteiger partial charge in [0, 0.05) is 67.5 Å². The molecule has 1 amide bonds. The summed E-state index contributed by atoms with van der Waals surface area (Å²) in [5.74, 6) is 2.07. The molecule has 2 aromatic carbocycles. The monoisotopic (exact) mass is 457 g/mol. The molecule has 2 heterocycles. The molecule has 174 valence electrons. The van der Waals surface area contributed by atoms with E-state index in [2.05, 4.69) is 4.90 Å². The van der Waals surface area contributed by atoms with Gasteiger partial charge in [0.2, 0.25) is 5.91 Å². The molecule has 1 aliphatic carbocycles. The summed E-state index contributed by atoms with van der Waals surface area (Å²) >= 11 is 0. The van der Waals surface area contributed by atoms with E-state index < -0.39 is 0 Å². The normalized spacial score (nSPS) is 15.9. The average Bonchev–Trinajstić information content (AvgIpc) is 3.71. The van der Waals surface area contributed by atoms with Crippen molar-refractivity contribution >= 4 is 17.4 Å². The number of hydrogen-bond acceptors (Lipinski definition) is 6. The van der Waals surface area contributed by atoms with Crippen LogP contribution >= 0.6 is 0 Å². The van der Waals surface area contributed by atoms with Crippen molar-refractivity contribution in [2.24, 2.45) is 5.92 Å². The summed E-state index contributed by atoms with van der Waals surface area (Å²) in [5, 5.41) is 11.0. The number of piperazine rings is 1. The largest absolute Gasteiger partial charge is 0.353 e. The van der Waals surface area contributed by atoms with Gasteiger partial charge in [0.15, 0.2) is 5.82 Å². The first-order valence-electron chi connectivity index (χ1n) is 11.7. The van der Waals surface area contributed by atoms with Crippen LogP contribution in [0.25, 0.3) is 11.4 Å². The molecule has 1 saturated carbocycles. The van der Waals surface area contributed by atoms with Crippen LogP contribution in [-0.2, 0) is 11.2 Å². The highest BCUT2D eigenvalue weighted by Gasteiger charge is 2.35. The molecule has 0 spiro atoms. The van der Waals surface area contributed by atoms with E-state index in [0.29, 0.717) is 25.3 Å². The number of nitro groups is 1. The van der Waals surface area contributed by atoms with Gasteiger partial charge < -0.3 is 9.80 Å². The molecule has 0 unspecified atom stereocenters. The van der Waals surface area contributed by atoms with Crippen LogP contribution in [0.4, 0.5) is 11.5 Å². The van der Waals surface area contributed by atoms with E-state index in [4.69, 9.17) is 9.97 Å². The fourth-order valence-corrected chi connectivity index (χ4v) is 4.43. The molecule has 1 saturated heterocycles. The lowest BCUT2D eigenvalue weighted by Crippen LogP contribution is -2.49. The smallest absolute Gasteiger partial charge is 0.269 e. The van der Waals surface area contributed by atoms with E-state index in [1.165, 1.54) is 12.1 Å². The van der Waals surface area contributed by atoms with Gasteiger partial charge in [0.05, 0.1) is 4.92 Å². The minimum absolute atomic E-state index is 0.0767.